The third-order valence-corrected chi connectivity index (χ3v) is 4.41. The second-order valence-electron chi connectivity index (χ2n) is 6.26. The third kappa shape index (κ3) is 4.28. The van der Waals surface area contributed by atoms with Crippen LogP contribution in [0.4, 0.5) is 5.69 Å². The number of amides is 1. The normalized spacial score (nSPS) is 10.6. The van der Waals surface area contributed by atoms with Gasteiger partial charge in [0.2, 0.25) is 0 Å². The minimum Gasteiger partial charge on any atom is -0.497 e. The highest BCUT2D eigenvalue weighted by atomic mass is 16.5. The monoisotopic (exact) mass is 367 g/mol. The van der Waals surface area contributed by atoms with Crippen molar-refractivity contribution in [2.45, 2.75) is 20.3 Å². The molecule has 6 nitrogen and oxygen atoms in total. The van der Waals surface area contributed by atoms with Crippen molar-refractivity contribution < 1.29 is 23.5 Å². The van der Waals surface area contributed by atoms with Crippen molar-refractivity contribution in [3.8, 4) is 5.75 Å². The summed E-state index contributed by atoms with van der Waals surface area (Å²) in [7, 11) is 1.57. The number of anilines is 1. The molecule has 0 saturated heterocycles. The number of carbonyl (C=O) groups excluding carboxylic acids is 2. The topological polar surface area (TPSA) is 77.8 Å². The van der Waals surface area contributed by atoms with Crippen molar-refractivity contribution in [2.75, 3.05) is 19.0 Å². The van der Waals surface area contributed by atoms with Crippen molar-refractivity contribution in [3.05, 3.63) is 59.4 Å². The van der Waals surface area contributed by atoms with Gasteiger partial charge in [0.25, 0.3) is 5.91 Å². The molecule has 0 radical (unpaired) electrons. The highest BCUT2D eigenvalue weighted by Gasteiger charge is 2.15. The number of hydrogen-bond donors (Lipinski definition) is 1. The maximum absolute atomic E-state index is 12.1. The van der Waals surface area contributed by atoms with Crippen LogP contribution in [0.3, 0.4) is 0 Å². The van der Waals surface area contributed by atoms with Crippen molar-refractivity contribution in [1.29, 1.82) is 0 Å². The van der Waals surface area contributed by atoms with Crippen LogP contribution >= 0.6 is 0 Å². The minimum absolute atomic E-state index is 0.0469. The van der Waals surface area contributed by atoms with E-state index in [0.29, 0.717) is 11.4 Å². The number of carbonyl (C=O) groups is 2. The summed E-state index contributed by atoms with van der Waals surface area (Å²) in [5.74, 6) is -0.199. The van der Waals surface area contributed by atoms with Crippen LogP contribution in [0.5, 0.6) is 5.75 Å². The van der Waals surface area contributed by atoms with E-state index >= 15 is 0 Å². The Morgan fingerprint density at radius 2 is 1.81 bits per heavy atom. The molecule has 0 aliphatic heterocycles. The number of hydrogen-bond acceptors (Lipinski definition) is 5. The first-order valence-corrected chi connectivity index (χ1v) is 8.53. The number of esters is 1. The van der Waals surface area contributed by atoms with Crippen LogP contribution in [0.15, 0.2) is 47.1 Å². The quantitative estimate of drug-likeness (QED) is 0.671. The predicted octanol–water partition coefficient (Wildman–Crippen LogP) is 3.78. The molecule has 0 aliphatic rings. The van der Waals surface area contributed by atoms with Gasteiger partial charge >= 0.3 is 5.97 Å². The molecule has 1 amide bonds. The molecule has 0 bridgehead atoms. The summed E-state index contributed by atoms with van der Waals surface area (Å²) in [6.45, 7) is 3.64. The van der Waals surface area contributed by atoms with Crippen LogP contribution < -0.4 is 10.1 Å². The van der Waals surface area contributed by atoms with Crippen LogP contribution in [0.2, 0.25) is 0 Å². The fraction of sp³-hybridized carbons (Fsp3) is 0.238. The lowest BCUT2D eigenvalue weighted by Gasteiger charge is -2.07. The van der Waals surface area contributed by atoms with Crippen molar-refractivity contribution in [3.63, 3.8) is 0 Å². The number of aryl methyl sites for hydroxylation is 2. The average molecular weight is 367 g/mol. The zero-order valence-corrected chi connectivity index (χ0v) is 15.5. The maximum Gasteiger partial charge on any atom is 0.310 e. The molecule has 0 atom stereocenters. The average Bonchev–Trinajstić information content (AvgIpc) is 3.07. The van der Waals surface area contributed by atoms with Gasteiger partial charge in [-0.1, -0.05) is 12.1 Å². The van der Waals surface area contributed by atoms with Crippen LogP contribution in [0.1, 0.15) is 16.7 Å². The second kappa shape index (κ2) is 7.95. The molecule has 0 unspecified atom stereocenters. The standard InChI is InChI=1S/C21H21NO5/c1-13-4-9-18-15(11-27-21(18)14(13)2)10-20(24)26-12-19(23)22-16-5-7-17(25-3)8-6-16/h4-9,11H,10,12H2,1-3H3,(H,22,23). The fourth-order valence-corrected chi connectivity index (χ4v) is 2.75. The Bertz CT molecular complexity index is 972. The second-order valence-corrected chi connectivity index (χ2v) is 6.26. The number of fused-ring (bicyclic) bond motifs is 1. The highest BCUT2D eigenvalue weighted by molar-refractivity contribution is 5.93. The molecule has 0 saturated carbocycles. The first kappa shape index (κ1) is 18.5. The summed E-state index contributed by atoms with van der Waals surface area (Å²) in [4.78, 5) is 24.0. The number of furan rings is 1. The molecule has 3 aromatic rings. The van der Waals surface area contributed by atoms with E-state index in [0.717, 1.165) is 27.7 Å². The van der Waals surface area contributed by atoms with Crippen LogP contribution in [-0.2, 0) is 20.7 Å². The lowest BCUT2D eigenvalue weighted by Crippen LogP contribution is -2.21. The van der Waals surface area contributed by atoms with Gasteiger partial charge in [-0.2, -0.15) is 0 Å². The lowest BCUT2D eigenvalue weighted by molar-refractivity contribution is -0.146. The first-order valence-electron chi connectivity index (χ1n) is 8.53. The molecule has 1 aromatic heterocycles. The number of ether oxygens (including phenoxy) is 2. The van der Waals surface area contributed by atoms with Gasteiger partial charge in [-0.3, -0.25) is 9.59 Å². The van der Waals surface area contributed by atoms with Crippen LogP contribution in [0, 0.1) is 13.8 Å². The molecule has 2 aromatic carbocycles. The van der Waals surface area contributed by atoms with Gasteiger partial charge in [0, 0.05) is 16.6 Å². The number of methoxy groups -OCH3 is 1. The first-order chi connectivity index (χ1) is 13.0. The van der Waals surface area contributed by atoms with Gasteiger partial charge in [-0.25, -0.2) is 0 Å². The van der Waals surface area contributed by atoms with Gasteiger partial charge < -0.3 is 19.2 Å². The molecule has 1 N–H and O–H groups in total. The summed E-state index contributed by atoms with van der Waals surface area (Å²) in [5.41, 5.74) is 4.29. The number of nitrogens with one attached hydrogen (secondary N) is 1. The zero-order chi connectivity index (χ0) is 19.4. The molecule has 27 heavy (non-hydrogen) atoms. The number of benzene rings is 2. The smallest absolute Gasteiger partial charge is 0.310 e. The van der Waals surface area contributed by atoms with Crippen LogP contribution in [0.25, 0.3) is 11.0 Å². The van der Waals surface area contributed by atoms with Gasteiger partial charge in [0.15, 0.2) is 6.61 Å². The van der Waals surface area contributed by atoms with Gasteiger partial charge in [-0.05, 0) is 49.2 Å². The Kier molecular flexibility index (Phi) is 5.45. The van der Waals surface area contributed by atoms with E-state index in [2.05, 4.69) is 5.32 Å². The highest BCUT2D eigenvalue weighted by Crippen LogP contribution is 2.26. The Morgan fingerprint density at radius 3 is 2.52 bits per heavy atom. The van der Waals surface area contributed by atoms with E-state index in [1.807, 2.05) is 26.0 Å². The Morgan fingerprint density at radius 1 is 1.07 bits per heavy atom. The molecule has 0 spiro atoms. The Labute approximate surface area is 157 Å². The SMILES string of the molecule is COc1ccc(NC(=O)COC(=O)Cc2coc3c(C)c(C)ccc23)cc1. The molecular weight excluding hydrogens is 346 g/mol. The van der Waals surface area contributed by atoms with E-state index in [1.165, 1.54) is 0 Å². The summed E-state index contributed by atoms with van der Waals surface area (Å²) in [5, 5.41) is 3.55. The fourth-order valence-electron chi connectivity index (χ4n) is 2.75. The zero-order valence-electron chi connectivity index (χ0n) is 15.5. The van der Waals surface area contributed by atoms with Gasteiger partial charge in [-0.15, -0.1) is 0 Å². The van der Waals surface area contributed by atoms with E-state index < -0.39 is 11.9 Å². The van der Waals surface area contributed by atoms with Crippen molar-refractivity contribution >= 4 is 28.5 Å². The van der Waals surface area contributed by atoms with E-state index in [9.17, 15) is 9.59 Å². The van der Waals surface area contributed by atoms with E-state index in [-0.39, 0.29) is 13.0 Å². The summed E-state index contributed by atoms with van der Waals surface area (Å²) >= 11 is 0. The molecule has 0 fully saturated rings. The van der Waals surface area contributed by atoms with E-state index in [4.69, 9.17) is 13.9 Å². The minimum atomic E-state index is -0.485. The van der Waals surface area contributed by atoms with Gasteiger partial charge in [0.1, 0.15) is 11.3 Å². The van der Waals surface area contributed by atoms with Crippen molar-refractivity contribution in [2.24, 2.45) is 0 Å². The number of rotatable bonds is 6. The summed E-state index contributed by atoms with van der Waals surface area (Å²) < 4.78 is 15.7. The lowest BCUT2D eigenvalue weighted by atomic mass is 10.0. The Balaban J connectivity index is 1.55. The van der Waals surface area contributed by atoms with Gasteiger partial charge in [0.05, 0.1) is 19.8 Å². The van der Waals surface area contributed by atoms with Crippen molar-refractivity contribution in [1.82, 2.24) is 0 Å². The molecule has 6 heteroatoms. The molecular formula is C21H21NO5. The summed E-state index contributed by atoms with van der Waals surface area (Å²) in [6, 6.07) is 10.8. The maximum atomic E-state index is 12.1. The third-order valence-electron chi connectivity index (χ3n) is 4.41. The molecule has 140 valence electrons. The molecule has 1 heterocycles. The molecule has 3 rings (SSSR count). The summed E-state index contributed by atoms with van der Waals surface area (Å²) in [6.07, 6.45) is 1.61. The van der Waals surface area contributed by atoms with Crippen LogP contribution in [-0.4, -0.2) is 25.6 Å². The predicted molar refractivity (Wildman–Crippen MR) is 102 cm³/mol. The largest absolute Gasteiger partial charge is 0.497 e. The molecule has 0 aliphatic carbocycles. The Hall–Kier alpha value is -3.28. The van der Waals surface area contributed by atoms with E-state index in [1.54, 1.807) is 37.6 Å².